The number of hydrogen-bond donors (Lipinski definition) is 0. The fraction of sp³-hybridized carbons (Fsp3) is 0.171. The average Bonchev–Trinajstić information content (AvgIpc) is 2.96. The summed E-state index contributed by atoms with van der Waals surface area (Å²) in [5.74, 6) is -0.666. The SMILES string of the molecule is C=Cc1ccc(N=C)c(Cc2ccc(-c3ccc(C(=O)CC(CCc4ccccc4)C(C)=O)cc3)cc2F)c1. The zero-order valence-corrected chi connectivity index (χ0v) is 22.2. The van der Waals surface area contributed by atoms with Crippen LogP contribution >= 0.6 is 0 Å². The summed E-state index contributed by atoms with van der Waals surface area (Å²) < 4.78 is 15.1. The molecular formula is C35H32FNO2. The maximum Gasteiger partial charge on any atom is 0.163 e. The number of halogens is 1. The fourth-order valence-electron chi connectivity index (χ4n) is 4.73. The number of aryl methyl sites for hydroxylation is 1. The number of aliphatic imine (C=N–C) groups is 1. The van der Waals surface area contributed by atoms with Gasteiger partial charge in [-0.25, -0.2) is 4.39 Å². The average molecular weight is 518 g/mol. The minimum Gasteiger partial charge on any atom is -0.300 e. The second-order valence-corrected chi connectivity index (χ2v) is 9.77. The summed E-state index contributed by atoms with van der Waals surface area (Å²) >= 11 is 0. The van der Waals surface area contributed by atoms with Crippen molar-refractivity contribution in [3.8, 4) is 11.1 Å². The van der Waals surface area contributed by atoms with Gasteiger partial charge in [0.05, 0.1) is 5.69 Å². The Labute approximate surface area is 229 Å². The van der Waals surface area contributed by atoms with Crippen LogP contribution in [0.3, 0.4) is 0 Å². The summed E-state index contributed by atoms with van der Waals surface area (Å²) in [5.41, 5.74) is 6.33. The number of rotatable bonds is 12. The van der Waals surface area contributed by atoms with E-state index in [4.69, 9.17) is 0 Å². The van der Waals surface area contributed by atoms with Crippen molar-refractivity contribution >= 4 is 30.0 Å². The minimum absolute atomic E-state index is 0.0266. The van der Waals surface area contributed by atoms with Crippen LogP contribution in [-0.4, -0.2) is 18.3 Å². The van der Waals surface area contributed by atoms with E-state index in [0.717, 1.165) is 39.9 Å². The zero-order chi connectivity index (χ0) is 27.8. The number of benzene rings is 4. The number of ketones is 2. The molecule has 0 aliphatic carbocycles. The van der Waals surface area contributed by atoms with E-state index in [-0.39, 0.29) is 29.7 Å². The maximum absolute atomic E-state index is 15.1. The van der Waals surface area contributed by atoms with Crippen LogP contribution in [0.25, 0.3) is 17.2 Å². The molecule has 1 atom stereocenters. The van der Waals surface area contributed by atoms with Gasteiger partial charge in [-0.2, -0.15) is 0 Å². The topological polar surface area (TPSA) is 46.5 Å². The van der Waals surface area contributed by atoms with Gasteiger partial charge in [-0.15, -0.1) is 0 Å². The van der Waals surface area contributed by atoms with E-state index >= 15 is 4.39 Å². The smallest absolute Gasteiger partial charge is 0.163 e. The van der Waals surface area contributed by atoms with Crippen molar-refractivity contribution in [1.29, 1.82) is 0 Å². The molecule has 1 unspecified atom stereocenters. The van der Waals surface area contributed by atoms with E-state index in [1.54, 1.807) is 31.2 Å². The lowest BCUT2D eigenvalue weighted by molar-refractivity contribution is -0.120. The number of hydrogen-bond acceptors (Lipinski definition) is 3. The molecule has 0 heterocycles. The lowest BCUT2D eigenvalue weighted by Gasteiger charge is -2.13. The summed E-state index contributed by atoms with van der Waals surface area (Å²) in [6, 6.07) is 28.0. The van der Waals surface area contributed by atoms with Gasteiger partial charge in [0.15, 0.2) is 5.78 Å². The molecule has 0 amide bonds. The highest BCUT2D eigenvalue weighted by atomic mass is 19.1. The van der Waals surface area contributed by atoms with E-state index < -0.39 is 0 Å². The Bertz CT molecular complexity index is 1490. The van der Waals surface area contributed by atoms with Crippen molar-refractivity contribution in [2.75, 3.05) is 0 Å². The molecule has 0 bridgehead atoms. The molecule has 0 aliphatic rings. The number of nitrogens with zero attached hydrogens (tertiary/aromatic N) is 1. The van der Waals surface area contributed by atoms with Gasteiger partial charge in [0.1, 0.15) is 11.6 Å². The fourth-order valence-corrected chi connectivity index (χ4v) is 4.73. The Kier molecular flexibility index (Phi) is 9.11. The van der Waals surface area contributed by atoms with Crippen LogP contribution < -0.4 is 0 Å². The van der Waals surface area contributed by atoms with E-state index in [1.165, 1.54) is 6.07 Å². The predicted octanol–water partition coefficient (Wildman–Crippen LogP) is 8.47. The van der Waals surface area contributed by atoms with E-state index in [1.807, 2.05) is 66.7 Å². The summed E-state index contributed by atoms with van der Waals surface area (Å²) in [6.45, 7) is 8.97. The maximum atomic E-state index is 15.1. The molecule has 4 aromatic rings. The lowest BCUT2D eigenvalue weighted by atomic mass is 9.89. The van der Waals surface area contributed by atoms with Crippen LogP contribution in [0.15, 0.2) is 103 Å². The quantitative estimate of drug-likeness (QED) is 0.140. The highest BCUT2D eigenvalue weighted by Gasteiger charge is 2.20. The van der Waals surface area contributed by atoms with Gasteiger partial charge in [0.2, 0.25) is 0 Å². The monoisotopic (exact) mass is 517 g/mol. The Morgan fingerprint density at radius 1 is 0.897 bits per heavy atom. The van der Waals surface area contributed by atoms with Gasteiger partial charge in [-0.3, -0.25) is 14.6 Å². The van der Waals surface area contributed by atoms with Gasteiger partial charge in [0.25, 0.3) is 0 Å². The largest absolute Gasteiger partial charge is 0.300 e. The Hall–Kier alpha value is -4.44. The molecule has 3 nitrogen and oxygen atoms in total. The molecule has 0 aliphatic heterocycles. The van der Waals surface area contributed by atoms with Crippen LogP contribution in [0.4, 0.5) is 10.1 Å². The minimum atomic E-state index is -0.317. The van der Waals surface area contributed by atoms with Crippen molar-refractivity contribution in [2.45, 2.75) is 32.6 Å². The molecule has 0 aromatic heterocycles. The van der Waals surface area contributed by atoms with Gasteiger partial charge >= 0.3 is 0 Å². The third-order valence-corrected chi connectivity index (χ3v) is 7.11. The predicted molar refractivity (Wildman–Crippen MR) is 158 cm³/mol. The van der Waals surface area contributed by atoms with Crippen LogP contribution in [0.1, 0.15) is 52.4 Å². The van der Waals surface area contributed by atoms with Gasteiger partial charge in [0, 0.05) is 24.3 Å². The summed E-state index contributed by atoms with van der Waals surface area (Å²) in [4.78, 5) is 29.2. The number of carbonyl (C=O) groups is 2. The lowest BCUT2D eigenvalue weighted by Crippen LogP contribution is -2.17. The standard InChI is InChI=1S/C35H32FNO2/c1-4-25-11-19-34(37-3)32(20-25)21-31-18-17-30(22-33(31)36)27-13-15-28(16-14-27)35(39)23-29(24(2)38)12-10-26-8-6-5-7-9-26/h4-9,11,13-20,22,29H,1,3,10,12,21,23H2,2H3. The normalized spacial score (nSPS) is 11.5. The van der Waals surface area contributed by atoms with E-state index in [2.05, 4.69) is 18.3 Å². The molecule has 0 saturated heterocycles. The Morgan fingerprint density at radius 2 is 1.62 bits per heavy atom. The summed E-state index contributed by atoms with van der Waals surface area (Å²) in [5, 5.41) is 0. The first kappa shape index (κ1) is 27.6. The Balaban J connectivity index is 1.44. The molecule has 0 fully saturated rings. The number of carbonyl (C=O) groups excluding carboxylic acids is 2. The van der Waals surface area contributed by atoms with E-state index in [0.29, 0.717) is 24.0 Å². The van der Waals surface area contributed by atoms with Gasteiger partial charge in [-0.05, 0) is 78.1 Å². The molecule has 196 valence electrons. The highest BCUT2D eigenvalue weighted by Crippen LogP contribution is 2.28. The highest BCUT2D eigenvalue weighted by molar-refractivity contribution is 5.99. The summed E-state index contributed by atoms with van der Waals surface area (Å²) in [7, 11) is 0. The first-order valence-corrected chi connectivity index (χ1v) is 13.1. The van der Waals surface area contributed by atoms with Crippen molar-refractivity contribution in [1.82, 2.24) is 0 Å². The third-order valence-electron chi connectivity index (χ3n) is 7.11. The van der Waals surface area contributed by atoms with Gasteiger partial charge in [-0.1, -0.05) is 85.5 Å². The first-order chi connectivity index (χ1) is 18.9. The number of Topliss-reactive ketones (excluding diaryl/α,β-unsaturated/α-hetero) is 2. The van der Waals surface area contributed by atoms with Crippen LogP contribution in [0.2, 0.25) is 0 Å². The Morgan fingerprint density at radius 3 is 2.26 bits per heavy atom. The molecular weight excluding hydrogens is 485 g/mol. The second kappa shape index (κ2) is 12.9. The van der Waals surface area contributed by atoms with Crippen molar-refractivity contribution in [3.05, 3.63) is 131 Å². The van der Waals surface area contributed by atoms with Crippen LogP contribution in [0.5, 0.6) is 0 Å². The van der Waals surface area contributed by atoms with Crippen molar-refractivity contribution in [2.24, 2.45) is 10.9 Å². The molecule has 0 spiro atoms. The molecule has 0 N–H and O–H groups in total. The van der Waals surface area contributed by atoms with Crippen LogP contribution in [0, 0.1) is 11.7 Å². The molecule has 4 rings (SSSR count). The molecule has 4 heteroatoms. The zero-order valence-electron chi connectivity index (χ0n) is 22.2. The molecule has 0 radical (unpaired) electrons. The van der Waals surface area contributed by atoms with Crippen LogP contribution in [-0.2, 0) is 17.6 Å². The summed E-state index contributed by atoms with van der Waals surface area (Å²) in [6.07, 6.45) is 3.70. The third kappa shape index (κ3) is 7.11. The molecule has 4 aromatic carbocycles. The van der Waals surface area contributed by atoms with E-state index in [9.17, 15) is 9.59 Å². The van der Waals surface area contributed by atoms with Crippen molar-refractivity contribution < 1.29 is 14.0 Å². The van der Waals surface area contributed by atoms with Gasteiger partial charge < -0.3 is 0 Å². The molecule has 0 saturated carbocycles. The van der Waals surface area contributed by atoms with Crippen molar-refractivity contribution in [3.63, 3.8) is 0 Å². The molecule has 39 heavy (non-hydrogen) atoms. The first-order valence-electron chi connectivity index (χ1n) is 13.1. The second-order valence-electron chi connectivity index (χ2n) is 9.77.